The van der Waals surface area contributed by atoms with E-state index < -0.39 is 17.7 Å². The van der Waals surface area contributed by atoms with Crippen molar-refractivity contribution >= 4 is 23.1 Å². The first-order valence-electron chi connectivity index (χ1n) is 8.57. The summed E-state index contributed by atoms with van der Waals surface area (Å²) in [5.41, 5.74) is 4.27. The third-order valence-corrected chi connectivity index (χ3v) is 4.24. The van der Waals surface area contributed by atoms with E-state index in [2.05, 4.69) is 15.6 Å². The van der Waals surface area contributed by atoms with E-state index in [0.29, 0.717) is 5.69 Å². The van der Waals surface area contributed by atoms with E-state index in [1.54, 1.807) is 12.1 Å². The Hall–Kier alpha value is -3.74. The van der Waals surface area contributed by atoms with E-state index in [-0.39, 0.29) is 5.69 Å². The van der Waals surface area contributed by atoms with Crippen LogP contribution in [0.5, 0.6) is 0 Å². The molecule has 0 aliphatic heterocycles. The van der Waals surface area contributed by atoms with Gasteiger partial charge in [0.1, 0.15) is 17.3 Å². The molecule has 0 bridgehead atoms. The number of carbonyl (C=O) groups is 1. The number of hydrogen-bond acceptors (Lipinski definition) is 2. The molecule has 0 saturated carbocycles. The number of pyridine rings is 1. The van der Waals surface area contributed by atoms with Crippen molar-refractivity contribution in [3.05, 3.63) is 84.2 Å². The van der Waals surface area contributed by atoms with Gasteiger partial charge in [-0.3, -0.25) is 0 Å². The van der Waals surface area contributed by atoms with Crippen LogP contribution in [0.15, 0.2) is 67.0 Å². The molecule has 0 saturated heterocycles. The number of nitrogens with zero attached hydrogens (tertiary/aromatic N) is 2. The van der Waals surface area contributed by atoms with Gasteiger partial charge in [0.05, 0.1) is 5.69 Å². The Morgan fingerprint density at radius 3 is 2.32 bits per heavy atom. The molecule has 0 aliphatic carbocycles. The van der Waals surface area contributed by atoms with Crippen LogP contribution in [0.1, 0.15) is 5.56 Å². The first-order valence-corrected chi connectivity index (χ1v) is 8.57. The summed E-state index contributed by atoms with van der Waals surface area (Å²) in [5.74, 6) is -1.52. The molecule has 4 rings (SSSR count). The van der Waals surface area contributed by atoms with Crippen LogP contribution in [-0.4, -0.2) is 15.4 Å². The summed E-state index contributed by atoms with van der Waals surface area (Å²) >= 11 is 0. The van der Waals surface area contributed by atoms with Gasteiger partial charge in [0.2, 0.25) is 0 Å². The summed E-state index contributed by atoms with van der Waals surface area (Å²) in [6.45, 7) is 2.00. The second-order valence-corrected chi connectivity index (χ2v) is 6.36. The summed E-state index contributed by atoms with van der Waals surface area (Å²) in [5, 5.41) is 5.02. The molecule has 2 aromatic heterocycles. The Balaban J connectivity index is 1.48. The van der Waals surface area contributed by atoms with E-state index in [0.717, 1.165) is 40.7 Å². The Kier molecular flexibility index (Phi) is 4.49. The molecule has 2 heterocycles. The molecule has 0 radical (unpaired) electrons. The van der Waals surface area contributed by atoms with E-state index >= 15 is 0 Å². The first kappa shape index (κ1) is 17.7. The minimum absolute atomic E-state index is 0.0340. The fourth-order valence-corrected chi connectivity index (χ4v) is 2.94. The Morgan fingerprint density at radius 2 is 1.64 bits per heavy atom. The highest BCUT2D eigenvalue weighted by Crippen LogP contribution is 2.22. The highest BCUT2D eigenvalue weighted by atomic mass is 19.1. The predicted molar refractivity (Wildman–Crippen MR) is 104 cm³/mol. The number of halogens is 2. The van der Waals surface area contributed by atoms with Crippen molar-refractivity contribution in [1.29, 1.82) is 0 Å². The number of imidazole rings is 1. The molecule has 0 atom stereocenters. The lowest BCUT2D eigenvalue weighted by Crippen LogP contribution is -2.19. The summed E-state index contributed by atoms with van der Waals surface area (Å²) in [6.07, 6.45) is 3.88. The number of anilines is 2. The fraction of sp³-hybridized carbons (Fsp3) is 0.0476. The second-order valence-electron chi connectivity index (χ2n) is 6.36. The number of rotatable bonds is 3. The van der Waals surface area contributed by atoms with E-state index in [4.69, 9.17) is 0 Å². The van der Waals surface area contributed by atoms with Crippen LogP contribution >= 0.6 is 0 Å². The smallest absolute Gasteiger partial charge is 0.308 e. The minimum Gasteiger partial charge on any atom is -0.308 e. The highest BCUT2D eigenvalue weighted by Gasteiger charge is 2.08. The van der Waals surface area contributed by atoms with Crippen molar-refractivity contribution in [3.63, 3.8) is 0 Å². The Labute approximate surface area is 159 Å². The molecule has 0 fully saturated rings. The van der Waals surface area contributed by atoms with Gasteiger partial charge < -0.3 is 15.0 Å². The second kappa shape index (κ2) is 7.11. The van der Waals surface area contributed by atoms with Gasteiger partial charge in [-0.05, 0) is 42.8 Å². The first-order chi connectivity index (χ1) is 13.5. The SMILES string of the molecule is Cc1cccn2cc(-c3ccc(NC(=O)Nc4cc(F)cc(F)c4)cc3)nc12. The van der Waals surface area contributed by atoms with Crippen molar-refractivity contribution in [3.8, 4) is 11.3 Å². The molecule has 7 heteroatoms. The van der Waals surface area contributed by atoms with Crippen LogP contribution in [0.4, 0.5) is 25.0 Å². The molecule has 2 amide bonds. The normalized spacial score (nSPS) is 10.8. The van der Waals surface area contributed by atoms with Gasteiger partial charge in [-0.15, -0.1) is 0 Å². The third-order valence-electron chi connectivity index (χ3n) is 4.24. The van der Waals surface area contributed by atoms with Crippen LogP contribution in [0.25, 0.3) is 16.9 Å². The summed E-state index contributed by atoms with van der Waals surface area (Å²) in [6, 6.07) is 13.3. The molecule has 2 N–H and O–H groups in total. The monoisotopic (exact) mass is 378 g/mol. The van der Waals surface area contributed by atoms with Gasteiger partial charge in [-0.25, -0.2) is 18.6 Å². The minimum atomic E-state index is -0.762. The number of hydrogen-bond donors (Lipinski definition) is 2. The zero-order chi connectivity index (χ0) is 19.7. The average Bonchev–Trinajstić information content (AvgIpc) is 3.07. The Bertz CT molecular complexity index is 1150. The molecular formula is C21H16F2N4O. The maximum Gasteiger partial charge on any atom is 0.323 e. The molecule has 0 aliphatic rings. The van der Waals surface area contributed by atoms with Gasteiger partial charge >= 0.3 is 6.03 Å². The van der Waals surface area contributed by atoms with Crippen LogP contribution < -0.4 is 10.6 Å². The molecule has 2 aromatic carbocycles. The molecule has 0 spiro atoms. The van der Waals surface area contributed by atoms with Crippen molar-refractivity contribution in [2.24, 2.45) is 0 Å². The van der Waals surface area contributed by atoms with Crippen LogP contribution in [0.2, 0.25) is 0 Å². The lowest BCUT2D eigenvalue weighted by Gasteiger charge is -2.08. The summed E-state index contributed by atoms with van der Waals surface area (Å²) in [4.78, 5) is 16.7. The number of nitrogens with one attached hydrogen (secondary N) is 2. The largest absolute Gasteiger partial charge is 0.323 e. The van der Waals surface area contributed by atoms with E-state index in [9.17, 15) is 13.6 Å². The maximum atomic E-state index is 13.2. The van der Waals surface area contributed by atoms with Crippen molar-refractivity contribution in [2.45, 2.75) is 6.92 Å². The summed E-state index contributed by atoms with van der Waals surface area (Å²) in [7, 11) is 0. The molecule has 0 unspecified atom stereocenters. The molecule has 5 nitrogen and oxygen atoms in total. The maximum absolute atomic E-state index is 13.2. The molecular weight excluding hydrogens is 362 g/mol. The lowest BCUT2D eigenvalue weighted by atomic mass is 10.1. The summed E-state index contributed by atoms with van der Waals surface area (Å²) < 4.78 is 28.3. The third kappa shape index (κ3) is 3.68. The van der Waals surface area contributed by atoms with Crippen LogP contribution in [0, 0.1) is 18.6 Å². The topological polar surface area (TPSA) is 58.4 Å². The molecule has 140 valence electrons. The molecule has 28 heavy (non-hydrogen) atoms. The fourth-order valence-electron chi connectivity index (χ4n) is 2.94. The number of fused-ring (bicyclic) bond motifs is 1. The number of aromatic nitrogens is 2. The number of benzene rings is 2. The average molecular weight is 378 g/mol. The van der Waals surface area contributed by atoms with Crippen molar-refractivity contribution < 1.29 is 13.6 Å². The number of aryl methyl sites for hydroxylation is 1. The van der Waals surface area contributed by atoms with Gasteiger partial charge in [0, 0.05) is 35.4 Å². The van der Waals surface area contributed by atoms with Gasteiger partial charge in [0.15, 0.2) is 0 Å². The van der Waals surface area contributed by atoms with Gasteiger partial charge in [-0.1, -0.05) is 18.2 Å². The van der Waals surface area contributed by atoms with Crippen LogP contribution in [0.3, 0.4) is 0 Å². The number of amides is 2. The van der Waals surface area contributed by atoms with E-state index in [1.165, 1.54) is 0 Å². The van der Waals surface area contributed by atoms with Gasteiger partial charge in [0.25, 0.3) is 0 Å². The number of urea groups is 1. The highest BCUT2D eigenvalue weighted by molar-refractivity contribution is 5.99. The lowest BCUT2D eigenvalue weighted by molar-refractivity contribution is 0.262. The standard InChI is InChI=1S/C21H16F2N4O/c1-13-3-2-8-27-12-19(26-20(13)27)14-4-6-17(7-5-14)24-21(28)25-18-10-15(22)9-16(23)11-18/h2-12H,1H3,(H2,24,25,28). The predicted octanol–water partition coefficient (Wildman–Crippen LogP) is 5.23. The number of carbonyl (C=O) groups excluding carboxylic acids is 1. The zero-order valence-electron chi connectivity index (χ0n) is 14.9. The van der Waals surface area contributed by atoms with Crippen molar-refractivity contribution in [1.82, 2.24) is 9.38 Å². The quantitative estimate of drug-likeness (QED) is 0.513. The Morgan fingerprint density at radius 1 is 0.964 bits per heavy atom. The van der Waals surface area contributed by atoms with Crippen LogP contribution in [-0.2, 0) is 0 Å². The zero-order valence-corrected chi connectivity index (χ0v) is 14.9. The van der Waals surface area contributed by atoms with E-state index in [1.807, 2.05) is 48.0 Å². The van der Waals surface area contributed by atoms with Crippen molar-refractivity contribution in [2.75, 3.05) is 10.6 Å². The molecule has 4 aromatic rings. The van der Waals surface area contributed by atoms with Gasteiger partial charge in [-0.2, -0.15) is 0 Å².